The maximum atomic E-state index is 12.8. The molecule has 51 heavy (non-hydrogen) atoms. The summed E-state index contributed by atoms with van der Waals surface area (Å²) in [6.45, 7) is 4.44. The van der Waals surface area contributed by atoms with Gasteiger partial charge in [0.05, 0.1) is 39.9 Å². The number of likely N-dealkylation sites (N-methyl/N-ethyl adjacent to an activating group) is 1. The van der Waals surface area contributed by atoms with E-state index in [0.717, 1.165) is 57.8 Å². The monoisotopic (exact) mass is 735 g/mol. The molecule has 0 fully saturated rings. The minimum Gasteiger partial charge on any atom is -0.756 e. The van der Waals surface area contributed by atoms with Crippen molar-refractivity contribution in [2.24, 2.45) is 0 Å². The van der Waals surface area contributed by atoms with E-state index >= 15 is 0 Å². The Morgan fingerprint density at radius 3 is 1.73 bits per heavy atom. The van der Waals surface area contributed by atoms with Gasteiger partial charge in [-0.05, 0) is 57.8 Å². The summed E-state index contributed by atoms with van der Waals surface area (Å²) in [6.07, 6.45) is 43.8. The Bertz CT molecular complexity index is 1060. The van der Waals surface area contributed by atoms with Gasteiger partial charge in [0.25, 0.3) is 7.82 Å². The van der Waals surface area contributed by atoms with Crippen LogP contribution in [0.2, 0.25) is 0 Å². The molecule has 0 bridgehead atoms. The van der Waals surface area contributed by atoms with Crippen molar-refractivity contribution in [1.29, 1.82) is 0 Å². The molecule has 3 unspecified atom stereocenters. The summed E-state index contributed by atoms with van der Waals surface area (Å²) in [5.41, 5.74) is 0. The van der Waals surface area contributed by atoms with E-state index in [1.807, 2.05) is 27.2 Å². The van der Waals surface area contributed by atoms with Crippen LogP contribution in [0.3, 0.4) is 0 Å². The van der Waals surface area contributed by atoms with Gasteiger partial charge in [0.2, 0.25) is 5.91 Å². The van der Waals surface area contributed by atoms with Gasteiger partial charge in [-0.1, -0.05) is 145 Å². The van der Waals surface area contributed by atoms with Gasteiger partial charge in [-0.3, -0.25) is 9.36 Å². The molecule has 0 saturated heterocycles. The van der Waals surface area contributed by atoms with Crippen molar-refractivity contribution in [3.05, 3.63) is 72.9 Å². The molecule has 0 saturated carbocycles. The summed E-state index contributed by atoms with van der Waals surface area (Å²) in [5, 5.41) is 13.7. The predicted molar refractivity (Wildman–Crippen MR) is 214 cm³/mol. The summed E-state index contributed by atoms with van der Waals surface area (Å²) in [7, 11) is 1.21. The molecule has 0 radical (unpaired) electrons. The highest BCUT2D eigenvalue weighted by Crippen LogP contribution is 2.38. The van der Waals surface area contributed by atoms with Crippen molar-refractivity contribution in [2.45, 2.75) is 148 Å². The van der Waals surface area contributed by atoms with Gasteiger partial charge in [0.15, 0.2) is 0 Å². The summed E-state index contributed by atoms with van der Waals surface area (Å²) < 4.78 is 23.1. The Labute approximate surface area is 313 Å². The van der Waals surface area contributed by atoms with E-state index in [4.69, 9.17) is 9.05 Å². The van der Waals surface area contributed by atoms with Crippen molar-refractivity contribution in [1.82, 2.24) is 5.32 Å². The van der Waals surface area contributed by atoms with Gasteiger partial charge in [-0.2, -0.15) is 0 Å². The first-order valence-corrected chi connectivity index (χ1v) is 21.3. The topological polar surface area (TPSA) is 108 Å². The number of phosphoric ester groups is 1. The third-order valence-electron chi connectivity index (χ3n) is 8.17. The van der Waals surface area contributed by atoms with E-state index in [2.05, 4.69) is 79.9 Å². The average molecular weight is 735 g/mol. The number of aliphatic hydroxyl groups excluding tert-OH is 1. The highest BCUT2D eigenvalue weighted by atomic mass is 31.2. The Kier molecular flexibility index (Phi) is 32.4. The molecule has 0 rings (SSSR count). The molecular weight excluding hydrogens is 659 g/mol. The standard InChI is InChI=1S/C42H75N2O6P/c1-6-8-10-12-14-16-18-20-21-22-23-24-26-28-30-32-34-36-42(46)43-40(39-50-51(47,48)49-38-37-44(3,4)5)41(45)35-33-31-29-27-25-19-17-15-13-11-9-7-2/h8,10,14,16,20-21,23-24,28,30,33,35,40-41,45H,6-7,9,11-13,15,17-19,22,25-27,29,31-32,34,36-39H2,1-5H3,(H-,43,46,47,48)/b10-8-,16-14-,21-20-,24-23-,30-28-,35-33+. The summed E-state index contributed by atoms with van der Waals surface area (Å²) >= 11 is 0. The van der Waals surface area contributed by atoms with Crippen LogP contribution in [0, 0.1) is 0 Å². The Morgan fingerprint density at radius 2 is 1.20 bits per heavy atom. The fourth-order valence-corrected chi connectivity index (χ4v) is 5.73. The molecule has 3 atom stereocenters. The number of phosphoric acid groups is 1. The smallest absolute Gasteiger partial charge is 0.268 e. The number of carbonyl (C=O) groups is 1. The van der Waals surface area contributed by atoms with Gasteiger partial charge in [-0.25, -0.2) is 0 Å². The average Bonchev–Trinajstić information content (AvgIpc) is 3.07. The van der Waals surface area contributed by atoms with Gasteiger partial charge >= 0.3 is 0 Å². The lowest BCUT2D eigenvalue weighted by atomic mass is 10.1. The van der Waals surface area contributed by atoms with Gasteiger partial charge < -0.3 is 28.8 Å². The number of unbranched alkanes of at least 4 members (excludes halogenated alkanes) is 11. The van der Waals surface area contributed by atoms with Crippen LogP contribution in [0.4, 0.5) is 0 Å². The second kappa shape index (κ2) is 33.8. The fourth-order valence-electron chi connectivity index (χ4n) is 5.01. The first kappa shape index (κ1) is 48.9. The molecule has 8 nitrogen and oxygen atoms in total. The number of allylic oxidation sites excluding steroid dienone is 11. The van der Waals surface area contributed by atoms with Crippen molar-refractivity contribution in [3.8, 4) is 0 Å². The molecule has 0 heterocycles. The lowest BCUT2D eigenvalue weighted by molar-refractivity contribution is -0.870. The van der Waals surface area contributed by atoms with Gasteiger partial charge in [0, 0.05) is 6.42 Å². The zero-order valence-corrected chi connectivity index (χ0v) is 33.9. The SMILES string of the molecule is CC/C=C\C/C=C\C/C=C\C/C=C\C/C=C\CCCC(=O)NC(COP(=O)([O-])OCC[N+](C)(C)C)C(O)/C=C/CCCCCCCCCCCC. The number of nitrogens with zero attached hydrogens (tertiary/aromatic N) is 1. The largest absolute Gasteiger partial charge is 0.756 e. The number of carbonyl (C=O) groups excluding carboxylic acids is 1. The van der Waals surface area contributed by atoms with Crippen LogP contribution < -0.4 is 10.2 Å². The molecule has 0 aromatic heterocycles. The second-order valence-electron chi connectivity index (χ2n) is 14.3. The lowest BCUT2D eigenvalue weighted by Gasteiger charge is -2.29. The molecule has 0 spiro atoms. The van der Waals surface area contributed by atoms with Crippen LogP contribution >= 0.6 is 7.82 Å². The van der Waals surface area contributed by atoms with E-state index in [9.17, 15) is 19.4 Å². The minimum atomic E-state index is -4.60. The van der Waals surface area contributed by atoms with Crippen LogP contribution in [-0.4, -0.2) is 68.5 Å². The molecule has 9 heteroatoms. The number of nitrogens with one attached hydrogen (secondary N) is 1. The maximum Gasteiger partial charge on any atom is 0.268 e. The summed E-state index contributed by atoms with van der Waals surface area (Å²) in [6, 6.07) is -0.917. The Balaban J connectivity index is 4.64. The lowest BCUT2D eigenvalue weighted by Crippen LogP contribution is -2.45. The predicted octanol–water partition coefficient (Wildman–Crippen LogP) is 9.83. The van der Waals surface area contributed by atoms with Gasteiger partial charge in [0.1, 0.15) is 13.2 Å². The molecule has 0 aliphatic heterocycles. The highest BCUT2D eigenvalue weighted by Gasteiger charge is 2.23. The van der Waals surface area contributed by atoms with Crippen LogP contribution in [0.25, 0.3) is 0 Å². The summed E-state index contributed by atoms with van der Waals surface area (Å²) in [5.74, 6) is -0.259. The Morgan fingerprint density at radius 1 is 0.706 bits per heavy atom. The number of aliphatic hydroxyl groups is 1. The number of rotatable bonds is 34. The van der Waals surface area contributed by atoms with E-state index in [1.54, 1.807) is 6.08 Å². The molecule has 0 aromatic rings. The molecule has 0 aromatic carbocycles. The fraction of sp³-hybridized carbons (Fsp3) is 0.690. The number of quaternary nitrogens is 1. The number of hydrogen-bond donors (Lipinski definition) is 2. The maximum absolute atomic E-state index is 12.8. The zero-order chi connectivity index (χ0) is 37.9. The quantitative estimate of drug-likeness (QED) is 0.0295. The number of amides is 1. The molecule has 294 valence electrons. The van der Waals surface area contributed by atoms with Crippen LogP contribution in [-0.2, 0) is 18.4 Å². The molecule has 2 N–H and O–H groups in total. The summed E-state index contributed by atoms with van der Waals surface area (Å²) in [4.78, 5) is 25.2. The van der Waals surface area contributed by atoms with Crippen molar-refractivity contribution in [3.63, 3.8) is 0 Å². The zero-order valence-electron chi connectivity index (χ0n) is 33.0. The second-order valence-corrected chi connectivity index (χ2v) is 15.7. The van der Waals surface area contributed by atoms with Gasteiger partial charge in [-0.15, -0.1) is 0 Å². The van der Waals surface area contributed by atoms with Crippen molar-refractivity contribution in [2.75, 3.05) is 40.9 Å². The third-order valence-corrected chi connectivity index (χ3v) is 9.14. The van der Waals surface area contributed by atoms with Crippen LogP contribution in [0.15, 0.2) is 72.9 Å². The first-order chi connectivity index (χ1) is 24.5. The van der Waals surface area contributed by atoms with E-state index in [1.165, 1.54) is 51.4 Å². The molecule has 0 aliphatic rings. The molecule has 0 aliphatic carbocycles. The van der Waals surface area contributed by atoms with Crippen molar-refractivity contribution < 1.29 is 32.9 Å². The van der Waals surface area contributed by atoms with E-state index in [-0.39, 0.29) is 18.9 Å². The molecule has 1 amide bonds. The number of hydrogen-bond acceptors (Lipinski definition) is 6. The minimum absolute atomic E-state index is 0.0155. The van der Waals surface area contributed by atoms with Crippen LogP contribution in [0.5, 0.6) is 0 Å². The van der Waals surface area contributed by atoms with Crippen molar-refractivity contribution >= 4 is 13.7 Å². The first-order valence-electron chi connectivity index (χ1n) is 19.8. The highest BCUT2D eigenvalue weighted by molar-refractivity contribution is 7.45. The third kappa shape index (κ3) is 36.1. The van der Waals surface area contributed by atoms with E-state index in [0.29, 0.717) is 17.4 Å². The van der Waals surface area contributed by atoms with Crippen LogP contribution in [0.1, 0.15) is 136 Å². The Hall–Kier alpha value is -2.06. The van der Waals surface area contributed by atoms with E-state index < -0.39 is 26.6 Å². The normalized spacial score (nSPS) is 15.4. The molecular formula is C42H75N2O6P.